The maximum absolute atomic E-state index is 10.7. The van der Waals surface area contributed by atoms with E-state index in [-0.39, 0.29) is 5.92 Å². The van der Waals surface area contributed by atoms with Crippen molar-refractivity contribution in [2.24, 2.45) is 5.92 Å². The summed E-state index contributed by atoms with van der Waals surface area (Å²) in [4.78, 5) is 10.7. The highest BCUT2D eigenvalue weighted by Gasteiger charge is 2.11. The van der Waals surface area contributed by atoms with Gasteiger partial charge in [-0.1, -0.05) is 19.1 Å². The van der Waals surface area contributed by atoms with Crippen molar-refractivity contribution in [2.45, 2.75) is 13.3 Å². The molecule has 88 valence electrons. The molecule has 1 aromatic carbocycles. The number of aliphatic carboxylic acids is 1. The average Bonchev–Trinajstić information content (AvgIpc) is 2.83. The second kappa shape index (κ2) is 4.78. The van der Waals surface area contributed by atoms with Gasteiger partial charge in [0.2, 0.25) is 0 Å². The largest absolute Gasteiger partial charge is 0.481 e. The second-order valence-electron chi connectivity index (χ2n) is 3.98. The Morgan fingerprint density at radius 3 is 2.41 bits per heavy atom. The van der Waals surface area contributed by atoms with Gasteiger partial charge in [-0.25, -0.2) is 0 Å². The van der Waals surface area contributed by atoms with Gasteiger partial charge in [0.05, 0.1) is 5.92 Å². The van der Waals surface area contributed by atoms with Crippen LogP contribution in [0.25, 0.3) is 5.69 Å². The molecule has 0 spiro atoms. The molecule has 2 rings (SSSR count). The Balaban J connectivity index is 2.11. The van der Waals surface area contributed by atoms with Gasteiger partial charge in [-0.15, -0.1) is 10.2 Å². The van der Waals surface area contributed by atoms with Crippen LogP contribution in [0, 0.1) is 5.92 Å². The fourth-order valence-corrected chi connectivity index (χ4v) is 1.58. The molecule has 0 fully saturated rings. The molecule has 1 heterocycles. The minimum absolute atomic E-state index is 0.365. The van der Waals surface area contributed by atoms with Crippen molar-refractivity contribution < 1.29 is 9.90 Å². The molecule has 0 bridgehead atoms. The van der Waals surface area contributed by atoms with Gasteiger partial charge in [-0.2, -0.15) is 0 Å². The fraction of sp³-hybridized carbons (Fsp3) is 0.250. The van der Waals surface area contributed by atoms with Gasteiger partial charge in [0.15, 0.2) is 0 Å². The van der Waals surface area contributed by atoms with Crippen molar-refractivity contribution in [2.75, 3.05) is 0 Å². The van der Waals surface area contributed by atoms with Gasteiger partial charge in [-0.3, -0.25) is 9.36 Å². The van der Waals surface area contributed by atoms with Crippen LogP contribution in [0.5, 0.6) is 0 Å². The summed E-state index contributed by atoms with van der Waals surface area (Å²) >= 11 is 0. The zero-order chi connectivity index (χ0) is 12.3. The smallest absolute Gasteiger partial charge is 0.306 e. The number of carboxylic acid groups (broad SMARTS) is 1. The van der Waals surface area contributed by atoms with Crippen LogP contribution in [0.2, 0.25) is 0 Å². The Labute approximate surface area is 98.7 Å². The molecule has 0 saturated carbocycles. The number of hydrogen-bond donors (Lipinski definition) is 1. The third-order valence-corrected chi connectivity index (χ3v) is 2.62. The van der Waals surface area contributed by atoms with Gasteiger partial charge in [0.1, 0.15) is 12.7 Å². The van der Waals surface area contributed by atoms with Crippen molar-refractivity contribution in [1.29, 1.82) is 0 Å². The predicted molar refractivity (Wildman–Crippen MR) is 61.9 cm³/mol. The monoisotopic (exact) mass is 231 g/mol. The highest BCUT2D eigenvalue weighted by molar-refractivity contribution is 5.69. The summed E-state index contributed by atoms with van der Waals surface area (Å²) in [6, 6.07) is 7.70. The summed E-state index contributed by atoms with van der Waals surface area (Å²) in [6.45, 7) is 1.70. The van der Waals surface area contributed by atoms with Gasteiger partial charge in [-0.05, 0) is 24.1 Å². The van der Waals surface area contributed by atoms with E-state index >= 15 is 0 Å². The van der Waals surface area contributed by atoms with E-state index < -0.39 is 5.97 Å². The molecule has 1 aromatic heterocycles. The highest BCUT2D eigenvalue weighted by Crippen LogP contribution is 2.12. The molecule has 17 heavy (non-hydrogen) atoms. The minimum atomic E-state index is -0.770. The first-order valence-electron chi connectivity index (χ1n) is 5.33. The summed E-state index contributed by atoms with van der Waals surface area (Å²) in [7, 11) is 0. The number of benzene rings is 1. The average molecular weight is 231 g/mol. The van der Waals surface area contributed by atoms with Crippen molar-refractivity contribution in [3.05, 3.63) is 42.5 Å². The molecule has 0 aliphatic carbocycles. The van der Waals surface area contributed by atoms with Gasteiger partial charge in [0, 0.05) is 5.69 Å². The predicted octanol–water partition coefficient (Wildman–Crippen LogP) is 1.53. The Hall–Kier alpha value is -2.17. The van der Waals surface area contributed by atoms with E-state index in [4.69, 9.17) is 5.11 Å². The number of rotatable bonds is 4. The first-order valence-corrected chi connectivity index (χ1v) is 5.33. The SMILES string of the molecule is CC(Cc1ccc(-n2cnnc2)cc1)C(=O)O. The third kappa shape index (κ3) is 2.69. The lowest BCUT2D eigenvalue weighted by molar-refractivity contribution is -0.141. The molecule has 1 N–H and O–H groups in total. The third-order valence-electron chi connectivity index (χ3n) is 2.62. The molecule has 0 aliphatic rings. The molecule has 5 heteroatoms. The Morgan fingerprint density at radius 2 is 1.88 bits per heavy atom. The van der Waals surface area contributed by atoms with Crippen LogP contribution in [0.1, 0.15) is 12.5 Å². The maximum atomic E-state index is 10.7. The Bertz CT molecular complexity index is 491. The summed E-state index contributed by atoms with van der Waals surface area (Å²) in [5.74, 6) is -1.14. The van der Waals surface area contributed by atoms with Crippen LogP contribution in [-0.4, -0.2) is 25.8 Å². The lowest BCUT2D eigenvalue weighted by atomic mass is 10.0. The van der Waals surface area contributed by atoms with Crippen LogP contribution in [0.4, 0.5) is 0 Å². The standard InChI is InChI=1S/C12H13N3O2/c1-9(12(16)17)6-10-2-4-11(5-3-10)15-7-13-14-8-15/h2-5,7-9H,6H2,1H3,(H,16,17). The van der Waals surface area contributed by atoms with E-state index in [1.54, 1.807) is 24.1 Å². The van der Waals surface area contributed by atoms with Crippen molar-refractivity contribution in [3.63, 3.8) is 0 Å². The summed E-state index contributed by atoms with van der Waals surface area (Å²) in [5.41, 5.74) is 1.97. The Kier molecular flexibility index (Phi) is 3.18. The van der Waals surface area contributed by atoms with Crippen LogP contribution in [-0.2, 0) is 11.2 Å². The molecule has 0 amide bonds. The molecule has 0 saturated heterocycles. The fourth-order valence-electron chi connectivity index (χ4n) is 1.58. The lowest BCUT2D eigenvalue weighted by Gasteiger charge is -2.07. The van der Waals surface area contributed by atoms with E-state index in [2.05, 4.69) is 10.2 Å². The zero-order valence-electron chi connectivity index (χ0n) is 9.45. The van der Waals surface area contributed by atoms with E-state index in [1.807, 2.05) is 24.3 Å². The lowest BCUT2D eigenvalue weighted by Crippen LogP contribution is -2.12. The molecular weight excluding hydrogens is 218 g/mol. The molecular formula is C12H13N3O2. The number of carbonyl (C=O) groups is 1. The van der Waals surface area contributed by atoms with E-state index in [1.165, 1.54) is 0 Å². The number of carboxylic acids is 1. The normalized spacial score (nSPS) is 12.3. The number of nitrogens with zero attached hydrogens (tertiary/aromatic N) is 3. The van der Waals surface area contributed by atoms with Crippen LogP contribution < -0.4 is 0 Å². The summed E-state index contributed by atoms with van der Waals surface area (Å²) in [5, 5.41) is 16.3. The Morgan fingerprint density at radius 1 is 1.29 bits per heavy atom. The van der Waals surface area contributed by atoms with Gasteiger partial charge >= 0.3 is 5.97 Å². The highest BCUT2D eigenvalue weighted by atomic mass is 16.4. The summed E-state index contributed by atoms with van der Waals surface area (Å²) < 4.78 is 1.80. The van der Waals surface area contributed by atoms with Crippen LogP contribution >= 0.6 is 0 Å². The number of hydrogen-bond acceptors (Lipinski definition) is 3. The van der Waals surface area contributed by atoms with Crippen molar-refractivity contribution in [1.82, 2.24) is 14.8 Å². The summed E-state index contributed by atoms with van der Waals surface area (Å²) in [6.07, 6.45) is 3.78. The molecule has 0 radical (unpaired) electrons. The van der Waals surface area contributed by atoms with Crippen molar-refractivity contribution >= 4 is 5.97 Å². The molecule has 1 unspecified atom stereocenters. The molecule has 2 aromatic rings. The number of aromatic nitrogens is 3. The zero-order valence-corrected chi connectivity index (χ0v) is 9.45. The van der Waals surface area contributed by atoms with Crippen molar-refractivity contribution in [3.8, 4) is 5.69 Å². The first-order chi connectivity index (χ1) is 8.16. The van der Waals surface area contributed by atoms with Crippen LogP contribution in [0.15, 0.2) is 36.9 Å². The maximum Gasteiger partial charge on any atom is 0.306 e. The first kappa shape index (κ1) is 11.3. The van der Waals surface area contributed by atoms with E-state index in [9.17, 15) is 4.79 Å². The van der Waals surface area contributed by atoms with Gasteiger partial charge in [0.25, 0.3) is 0 Å². The molecule has 0 aliphatic heterocycles. The minimum Gasteiger partial charge on any atom is -0.481 e. The molecule has 1 atom stereocenters. The van der Waals surface area contributed by atoms with Gasteiger partial charge < -0.3 is 5.11 Å². The van der Waals surface area contributed by atoms with E-state index in [0.29, 0.717) is 6.42 Å². The quantitative estimate of drug-likeness (QED) is 0.866. The second-order valence-corrected chi connectivity index (χ2v) is 3.98. The van der Waals surface area contributed by atoms with Crippen LogP contribution in [0.3, 0.4) is 0 Å². The topological polar surface area (TPSA) is 68.0 Å². The molecule has 5 nitrogen and oxygen atoms in total. The van der Waals surface area contributed by atoms with E-state index in [0.717, 1.165) is 11.3 Å².